The maximum atomic E-state index is 12.3. The van der Waals surface area contributed by atoms with Crippen molar-refractivity contribution in [2.75, 3.05) is 0 Å². The van der Waals surface area contributed by atoms with Gasteiger partial charge in [-0.2, -0.15) is 0 Å². The summed E-state index contributed by atoms with van der Waals surface area (Å²) >= 11 is 0. The molecule has 0 saturated carbocycles. The summed E-state index contributed by atoms with van der Waals surface area (Å²) in [5.74, 6) is 0.134. The molecule has 0 aliphatic rings. The van der Waals surface area contributed by atoms with E-state index < -0.39 is 0 Å². The number of rotatable bonds is 11. The van der Waals surface area contributed by atoms with Crippen LogP contribution in [-0.4, -0.2) is 10.6 Å². The van der Waals surface area contributed by atoms with Crippen LogP contribution >= 0.6 is 0 Å². The lowest BCUT2D eigenvalue weighted by Crippen LogP contribution is -1.99. The number of benzene rings is 2. The van der Waals surface area contributed by atoms with Crippen LogP contribution in [0.1, 0.15) is 74.7 Å². The molecule has 0 fully saturated rings. The highest BCUT2D eigenvalue weighted by molar-refractivity contribution is 5.96. The second-order valence-corrected chi connectivity index (χ2v) is 6.92. The van der Waals surface area contributed by atoms with Crippen LogP contribution in [0.25, 0.3) is 0 Å². The number of Topliss-reactive ketones (excluding diaryl/α,β-unsaturated/α-hetero) is 1. The predicted molar refractivity (Wildman–Crippen MR) is 110 cm³/mol. The van der Waals surface area contributed by atoms with Crippen LogP contribution in [0.5, 0.6) is 0 Å². The molecule has 0 spiro atoms. The molecule has 4 heteroatoms. The Hall–Kier alpha value is -2.49. The number of aryl methyl sites for hydroxylation is 1. The van der Waals surface area contributed by atoms with Crippen LogP contribution < -0.4 is 0 Å². The molecule has 2 aromatic carbocycles. The standard InChI is InChI=1S/C23H30N2O2/c1-3-5-7-8-10-23(26)20-13-17-22(18-14-20)25(27)24-21-15-11-19(12-16-21)9-6-4-2/h11-18H,3-10H2,1-2H3. The maximum Gasteiger partial charge on any atom is 0.244 e. The Morgan fingerprint density at radius 3 is 2.19 bits per heavy atom. The van der Waals surface area contributed by atoms with Crippen LogP contribution in [0, 0.1) is 5.21 Å². The van der Waals surface area contributed by atoms with Gasteiger partial charge in [-0.1, -0.05) is 56.5 Å². The van der Waals surface area contributed by atoms with Crippen molar-refractivity contribution in [2.45, 2.75) is 65.2 Å². The van der Waals surface area contributed by atoms with E-state index in [9.17, 15) is 10.0 Å². The third-order valence-electron chi connectivity index (χ3n) is 4.63. The van der Waals surface area contributed by atoms with E-state index in [1.807, 2.05) is 24.3 Å². The molecule has 0 aromatic heterocycles. The topological polar surface area (TPSA) is 55.5 Å². The van der Waals surface area contributed by atoms with Gasteiger partial charge in [-0.3, -0.25) is 4.79 Å². The number of hydrogen-bond donors (Lipinski definition) is 0. The third-order valence-corrected chi connectivity index (χ3v) is 4.63. The van der Waals surface area contributed by atoms with Crippen molar-refractivity contribution in [3.63, 3.8) is 0 Å². The van der Waals surface area contributed by atoms with Gasteiger partial charge in [0.1, 0.15) is 5.69 Å². The minimum absolute atomic E-state index is 0.134. The smallest absolute Gasteiger partial charge is 0.244 e. The van der Waals surface area contributed by atoms with E-state index in [4.69, 9.17) is 0 Å². The molecule has 0 aliphatic carbocycles. The average molecular weight is 367 g/mol. The molecule has 0 saturated heterocycles. The number of unbranched alkanes of at least 4 members (excludes halogenated alkanes) is 4. The maximum absolute atomic E-state index is 12.3. The van der Waals surface area contributed by atoms with Crippen molar-refractivity contribution >= 4 is 17.2 Å². The molecule has 2 aromatic rings. The van der Waals surface area contributed by atoms with E-state index in [1.165, 1.54) is 12.0 Å². The Bertz CT molecular complexity index is 734. The molecule has 4 nitrogen and oxygen atoms in total. The minimum atomic E-state index is 0.134. The second-order valence-electron chi connectivity index (χ2n) is 6.92. The number of carbonyl (C=O) groups is 1. The number of azo groups is 1. The number of carbonyl (C=O) groups excluding carboxylic acids is 1. The Morgan fingerprint density at radius 1 is 0.889 bits per heavy atom. The predicted octanol–water partition coefficient (Wildman–Crippen LogP) is 7.11. The Morgan fingerprint density at radius 2 is 1.56 bits per heavy atom. The first kappa shape index (κ1) is 20.8. The van der Waals surface area contributed by atoms with Gasteiger partial charge in [-0.15, -0.1) is 0 Å². The molecule has 0 bridgehead atoms. The van der Waals surface area contributed by atoms with Crippen LogP contribution in [0.3, 0.4) is 0 Å². The molecule has 0 amide bonds. The van der Waals surface area contributed by atoms with E-state index in [0.29, 0.717) is 28.2 Å². The fourth-order valence-corrected chi connectivity index (χ4v) is 2.90. The van der Waals surface area contributed by atoms with Gasteiger partial charge < -0.3 is 5.21 Å². The highest BCUT2D eigenvalue weighted by Gasteiger charge is 2.09. The van der Waals surface area contributed by atoms with E-state index in [2.05, 4.69) is 19.0 Å². The van der Waals surface area contributed by atoms with Gasteiger partial charge in [-0.05, 0) is 49.1 Å². The lowest BCUT2D eigenvalue weighted by atomic mass is 10.0. The third kappa shape index (κ3) is 6.97. The molecule has 0 atom stereocenters. The van der Waals surface area contributed by atoms with Gasteiger partial charge in [0, 0.05) is 29.2 Å². The molecule has 0 unspecified atom stereocenters. The van der Waals surface area contributed by atoms with Crippen molar-refractivity contribution in [2.24, 2.45) is 5.11 Å². The highest BCUT2D eigenvalue weighted by atomic mass is 16.5. The minimum Gasteiger partial charge on any atom is -0.594 e. The van der Waals surface area contributed by atoms with E-state index in [1.54, 1.807) is 24.3 Å². The first-order chi connectivity index (χ1) is 13.1. The van der Waals surface area contributed by atoms with Gasteiger partial charge in [-0.25, -0.2) is 0 Å². The fraction of sp³-hybridized carbons (Fsp3) is 0.435. The van der Waals surface area contributed by atoms with Crippen LogP contribution in [-0.2, 0) is 6.42 Å². The molecule has 2 rings (SSSR count). The molecular formula is C23H30N2O2. The van der Waals surface area contributed by atoms with E-state index in [-0.39, 0.29) is 5.78 Å². The zero-order valence-corrected chi connectivity index (χ0v) is 16.5. The summed E-state index contributed by atoms with van der Waals surface area (Å²) in [4.78, 5) is 12.8. The van der Waals surface area contributed by atoms with Gasteiger partial charge in [0.2, 0.25) is 5.69 Å². The number of hydrogen-bond acceptors (Lipinski definition) is 3. The van der Waals surface area contributed by atoms with E-state index in [0.717, 1.165) is 38.5 Å². The summed E-state index contributed by atoms with van der Waals surface area (Å²) < 4.78 is 0. The summed E-state index contributed by atoms with van der Waals surface area (Å²) in [6, 6.07) is 14.5. The van der Waals surface area contributed by atoms with Gasteiger partial charge in [0.25, 0.3) is 0 Å². The Kier molecular flexibility index (Phi) is 8.69. The molecular weight excluding hydrogens is 336 g/mol. The van der Waals surface area contributed by atoms with Crippen molar-refractivity contribution in [3.05, 3.63) is 64.9 Å². The molecule has 0 radical (unpaired) electrons. The van der Waals surface area contributed by atoms with Crippen LogP contribution in [0.2, 0.25) is 0 Å². The summed E-state index contributed by atoms with van der Waals surface area (Å²) in [7, 11) is 0. The zero-order valence-electron chi connectivity index (χ0n) is 16.5. The van der Waals surface area contributed by atoms with Crippen LogP contribution in [0.4, 0.5) is 11.4 Å². The largest absolute Gasteiger partial charge is 0.594 e. The van der Waals surface area contributed by atoms with Gasteiger partial charge in [0.05, 0.1) is 0 Å². The van der Waals surface area contributed by atoms with Crippen molar-refractivity contribution in [1.82, 2.24) is 0 Å². The van der Waals surface area contributed by atoms with Crippen molar-refractivity contribution in [1.29, 1.82) is 0 Å². The monoisotopic (exact) mass is 366 g/mol. The molecule has 0 heterocycles. The van der Waals surface area contributed by atoms with Gasteiger partial charge >= 0.3 is 0 Å². The van der Waals surface area contributed by atoms with Crippen LogP contribution in [0.15, 0.2) is 53.6 Å². The fourth-order valence-electron chi connectivity index (χ4n) is 2.90. The molecule has 27 heavy (non-hydrogen) atoms. The molecule has 144 valence electrons. The SMILES string of the molecule is CCCCCCC(=O)c1ccc([N+]([O-])=Nc2ccc(CCCC)cc2)cc1. The lowest BCUT2D eigenvalue weighted by molar-refractivity contribution is -0.435. The van der Waals surface area contributed by atoms with Crippen molar-refractivity contribution < 1.29 is 9.66 Å². The Balaban J connectivity index is 1.96. The first-order valence-corrected chi connectivity index (χ1v) is 10.0. The summed E-state index contributed by atoms with van der Waals surface area (Å²) in [6.45, 7) is 4.32. The average Bonchev–Trinajstić information content (AvgIpc) is 2.70. The second kappa shape index (κ2) is 11.3. The van der Waals surface area contributed by atoms with Gasteiger partial charge in [0.15, 0.2) is 5.78 Å². The normalized spacial score (nSPS) is 11.6. The number of ketones is 1. The highest BCUT2D eigenvalue weighted by Crippen LogP contribution is 2.20. The number of nitrogens with zero attached hydrogens (tertiary/aromatic N) is 2. The Labute approximate surface area is 162 Å². The summed E-state index contributed by atoms with van der Waals surface area (Å²) in [6.07, 6.45) is 8.27. The first-order valence-electron chi connectivity index (χ1n) is 10.0. The zero-order chi connectivity index (χ0) is 19.5. The molecule has 0 aliphatic heterocycles. The lowest BCUT2D eigenvalue weighted by Gasteiger charge is -2.03. The summed E-state index contributed by atoms with van der Waals surface area (Å²) in [5.41, 5.74) is 2.97. The molecule has 0 N–H and O–H groups in total. The summed E-state index contributed by atoms with van der Waals surface area (Å²) in [5, 5.41) is 16.3. The van der Waals surface area contributed by atoms with Crippen molar-refractivity contribution in [3.8, 4) is 0 Å². The van der Waals surface area contributed by atoms with E-state index >= 15 is 0 Å². The quantitative estimate of drug-likeness (QED) is 0.140.